The van der Waals surface area contributed by atoms with Crippen molar-refractivity contribution >= 4 is 23.8 Å². The molecule has 0 saturated carbocycles. The van der Waals surface area contributed by atoms with Crippen LogP contribution in [0.15, 0.2) is 48.7 Å². The summed E-state index contributed by atoms with van der Waals surface area (Å²) in [5.74, 6) is -0.789. The van der Waals surface area contributed by atoms with Crippen LogP contribution in [-0.4, -0.2) is 22.0 Å². The summed E-state index contributed by atoms with van der Waals surface area (Å²) < 4.78 is 0. The van der Waals surface area contributed by atoms with Gasteiger partial charge in [-0.15, -0.1) is 0 Å². The van der Waals surface area contributed by atoms with E-state index in [2.05, 4.69) is 10.3 Å². The van der Waals surface area contributed by atoms with E-state index in [9.17, 15) is 9.59 Å². The Bertz CT molecular complexity index is 674. The molecule has 0 aliphatic carbocycles. The molecule has 0 saturated heterocycles. The topological polar surface area (TPSA) is 79.3 Å². The summed E-state index contributed by atoms with van der Waals surface area (Å²) in [5.41, 5.74) is 2.20. The van der Waals surface area contributed by atoms with Crippen LogP contribution in [0.4, 0.5) is 5.82 Å². The van der Waals surface area contributed by atoms with E-state index in [1.165, 1.54) is 6.08 Å². The van der Waals surface area contributed by atoms with Gasteiger partial charge in [-0.05, 0) is 42.3 Å². The van der Waals surface area contributed by atoms with Gasteiger partial charge < -0.3 is 10.4 Å². The Kier molecular flexibility index (Phi) is 4.46. The number of benzene rings is 1. The zero-order chi connectivity index (χ0) is 15.2. The summed E-state index contributed by atoms with van der Waals surface area (Å²) in [6.45, 7) is 1.92. The molecule has 0 bridgehead atoms. The predicted octanol–water partition coefficient (Wildman–Crippen LogP) is 2.74. The third-order valence-corrected chi connectivity index (χ3v) is 2.74. The molecule has 5 heteroatoms. The highest BCUT2D eigenvalue weighted by atomic mass is 16.4. The molecule has 1 heterocycles. The molecule has 0 unspecified atom stereocenters. The lowest BCUT2D eigenvalue weighted by molar-refractivity contribution is -0.131. The number of nitrogens with zero attached hydrogens (tertiary/aromatic N) is 1. The second-order valence-electron chi connectivity index (χ2n) is 4.47. The SMILES string of the molecule is Cc1ccc(NC(=O)c2ccc(C=CC(=O)O)cc2)nc1. The van der Waals surface area contributed by atoms with Crippen LogP contribution in [0, 0.1) is 6.92 Å². The molecule has 0 spiro atoms. The van der Waals surface area contributed by atoms with E-state index in [0.717, 1.165) is 11.6 Å². The Morgan fingerprint density at radius 2 is 1.86 bits per heavy atom. The van der Waals surface area contributed by atoms with E-state index in [0.29, 0.717) is 16.9 Å². The van der Waals surface area contributed by atoms with Gasteiger partial charge in [0, 0.05) is 17.8 Å². The first-order valence-corrected chi connectivity index (χ1v) is 6.30. The maximum atomic E-state index is 12.0. The van der Waals surface area contributed by atoms with Crippen LogP contribution >= 0.6 is 0 Å². The summed E-state index contributed by atoms with van der Waals surface area (Å²) >= 11 is 0. The summed E-state index contributed by atoms with van der Waals surface area (Å²) in [6, 6.07) is 10.2. The van der Waals surface area contributed by atoms with Crippen molar-refractivity contribution in [2.75, 3.05) is 5.32 Å². The van der Waals surface area contributed by atoms with Crippen molar-refractivity contribution < 1.29 is 14.7 Å². The van der Waals surface area contributed by atoms with Crippen molar-refractivity contribution in [1.82, 2.24) is 4.98 Å². The maximum absolute atomic E-state index is 12.0. The van der Waals surface area contributed by atoms with Gasteiger partial charge in [0.15, 0.2) is 0 Å². The number of carboxylic acid groups (broad SMARTS) is 1. The Balaban J connectivity index is 2.06. The number of carboxylic acids is 1. The molecular formula is C16H14N2O3. The molecule has 0 aliphatic rings. The summed E-state index contributed by atoms with van der Waals surface area (Å²) in [6.07, 6.45) is 4.19. The number of pyridine rings is 1. The minimum atomic E-state index is -1.01. The second kappa shape index (κ2) is 6.47. The van der Waals surface area contributed by atoms with Crippen molar-refractivity contribution in [3.63, 3.8) is 0 Å². The van der Waals surface area contributed by atoms with E-state index in [-0.39, 0.29) is 5.91 Å². The number of aromatic nitrogens is 1. The molecule has 0 atom stereocenters. The first-order valence-electron chi connectivity index (χ1n) is 6.30. The summed E-state index contributed by atoms with van der Waals surface area (Å²) in [5, 5.41) is 11.2. The first-order chi connectivity index (χ1) is 10.0. The molecule has 5 nitrogen and oxygen atoms in total. The van der Waals surface area contributed by atoms with Gasteiger partial charge in [0.1, 0.15) is 5.82 Å². The number of hydrogen-bond acceptors (Lipinski definition) is 3. The lowest BCUT2D eigenvalue weighted by Gasteiger charge is -2.05. The average Bonchev–Trinajstić information content (AvgIpc) is 2.48. The Morgan fingerprint density at radius 3 is 2.43 bits per heavy atom. The molecular weight excluding hydrogens is 268 g/mol. The maximum Gasteiger partial charge on any atom is 0.328 e. The number of carbonyl (C=O) groups excluding carboxylic acids is 1. The fourth-order valence-corrected chi connectivity index (χ4v) is 1.64. The number of anilines is 1. The first kappa shape index (κ1) is 14.5. The monoisotopic (exact) mass is 282 g/mol. The van der Waals surface area contributed by atoms with Crippen molar-refractivity contribution in [3.05, 3.63) is 65.4 Å². The normalized spacial score (nSPS) is 10.5. The molecule has 2 aromatic rings. The molecule has 2 rings (SSSR count). The van der Waals surface area contributed by atoms with E-state index < -0.39 is 5.97 Å². The third-order valence-electron chi connectivity index (χ3n) is 2.74. The quantitative estimate of drug-likeness (QED) is 0.845. The molecule has 1 aromatic carbocycles. The van der Waals surface area contributed by atoms with Gasteiger partial charge in [0.05, 0.1) is 0 Å². The van der Waals surface area contributed by atoms with Crippen LogP contribution in [0.1, 0.15) is 21.5 Å². The van der Waals surface area contributed by atoms with Gasteiger partial charge in [-0.2, -0.15) is 0 Å². The summed E-state index contributed by atoms with van der Waals surface area (Å²) in [4.78, 5) is 26.5. The molecule has 1 aromatic heterocycles. The zero-order valence-electron chi connectivity index (χ0n) is 11.4. The van der Waals surface area contributed by atoms with Crippen LogP contribution < -0.4 is 5.32 Å². The molecule has 2 N–H and O–H groups in total. The molecule has 1 amide bonds. The largest absolute Gasteiger partial charge is 0.478 e. The van der Waals surface area contributed by atoms with Gasteiger partial charge >= 0.3 is 5.97 Å². The third kappa shape index (κ3) is 4.28. The highest BCUT2D eigenvalue weighted by molar-refractivity contribution is 6.03. The van der Waals surface area contributed by atoms with Gasteiger partial charge in [-0.1, -0.05) is 18.2 Å². The molecule has 0 aliphatic heterocycles. The van der Waals surface area contributed by atoms with Gasteiger partial charge in [-0.25, -0.2) is 9.78 Å². The Labute approximate surface area is 122 Å². The summed E-state index contributed by atoms with van der Waals surface area (Å²) in [7, 11) is 0. The molecule has 0 radical (unpaired) electrons. The van der Waals surface area contributed by atoms with Gasteiger partial charge in [0.25, 0.3) is 5.91 Å². The number of amides is 1. The van der Waals surface area contributed by atoms with Crippen LogP contribution in [0.3, 0.4) is 0 Å². The van der Waals surface area contributed by atoms with Crippen molar-refractivity contribution in [2.24, 2.45) is 0 Å². The number of rotatable bonds is 4. The Hall–Kier alpha value is -2.95. The number of carbonyl (C=O) groups is 2. The second-order valence-corrected chi connectivity index (χ2v) is 4.47. The minimum absolute atomic E-state index is 0.264. The highest BCUT2D eigenvalue weighted by Crippen LogP contribution is 2.10. The average molecular weight is 282 g/mol. The zero-order valence-corrected chi connectivity index (χ0v) is 11.4. The molecule has 0 fully saturated rings. The fraction of sp³-hybridized carbons (Fsp3) is 0.0625. The minimum Gasteiger partial charge on any atom is -0.478 e. The van der Waals surface area contributed by atoms with Gasteiger partial charge in [0.2, 0.25) is 0 Å². The lowest BCUT2D eigenvalue weighted by Crippen LogP contribution is -2.12. The smallest absolute Gasteiger partial charge is 0.328 e. The van der Waals surface area contributed by atoms with E-state index in [4.69, 9.17) is 5.11 Å². The van der Waals surface area contributed by atoms with E-state index in [1.807, 2.05) is 13.0 Å². The number of aliphatic carboxylic acids is 1. The number of aryl methyl sites for hydroxylation is 1. The van der Waals surface area contributed by atoms with Crippen LogP contribution in [0.5, 0.6) is 0 Å². The Morgan fingerprint density at radius 1 is 1.14 bits per heavy atom. The fourth-order valence-electron chi connectivity index (χ4n) is 1.64. The predicted molar refractivity (Wildman–Crippen MR) is 80.0 cm³/mol. The molecule has 106 valence electrons. The van der Waals surface area contributed by atoms with Crippen LogP contribution in [-0.2, 0) is 4.79 Å². The van der Waals surface area contributed by atoms with Crippen molar-refractivity contribution in [3.8, 4) is 0 Å². The van der Waals surface area contributed by atoms with E-state index >= 15 is 0 Å². The molecule has 21 heavy (non-hydrogen) atoms. The van der Waals surface area contributed by atoms with Crippen LogP contribution in [0.2, 0.25) is 0 Å². The standard InChI is InChI=1S/C16H14N2O3/c1-11-2-8-14(17-10-11)18-16(21)13-6-3-12(4-7-13)5-9-15(19)20/h2-10H,1H3,(H,19,20)(H,17,18,21). The lowest BCUT2D eigenvalue weighted by atomic mass is 10.1. The van der Waals surface area contributed by atoms with E-state index in [1.54, 1.807) is 36.5 Å². The van der Waals surface area contributed by atoms with Gasteiger partial charge in [-0.3, -0.25) is 4.79 Å². The van der Waals surface area contributed by atoms with Crippen LogP contribution in [0.25, 0.3) is 6.08 Å². The number of nitrogens with one attached hydrogen (secondary N) is 1. The van der Waals surface area contributed by atoms with Crippen molar-refractivity contribution in [2.45, 2.75) is 6.92 Å². The van der Waals surface area contributed by atoms with Crippen molar-refractivity contribution in [1.29, 1.82) is 0 Å². The highest BCUT2D eigenvalue weighted by Gasteiger charge is 2.06. The number of hydrogen-bond donors (Lipinski definition) is 2.